The first-order chi connectivity index (χ1) is 15.0. The summed E-state index contributed by atoms with van der Waals surface area (Å²) >= 11 is 0. The summed E-state index contributed by atoms with van der Waals surface area (Å²) in [6, 6.07) is 13.6. The molecule has 1 aromatic heterocycles. The second kappa shape index (κ2) is 8.83. The Bertz CT molecular complexity index is 1050. The fourth-order valence-corrected chi connectivity index (χ4v) is 4.20. The Morgan fingerprint density at radius 3 is 2.42 bits per heavy atom. The van der Waals surface area contributed by atoms with Gasteiger partial charge in [-0.3, -0.25) is 9.59 Å². The van der Waals surface area contributed by atoms with Crippen LogP contribution in [0.2, 0.25) is 0 Å². The van der Waals surface area contributed by atoms with Crippen molar-refractivity contribution in [1.29, 1.82) is 0 Å². The number of rotatable bonds is 6. The minimum absolute atomic E-state index is 0.00410. The van der Waals surface area contributed by atoms with E-state index in [0.717, 1.165) is 16.6 Å². The number of fused-ring (bicyclic) bond motifs is 1. The third kappa shape index (κ3) is 4.57. The number of likely N-dealkylation sites (tertiary alicyclic amines) is 1. The van der Waals surface area contributed by atoms with Gasteiger partial charge in [0.05, 0.1) is 12.0 Å². The van der Waals surface area contributed by atoms with Gasteiger partial charge in [0.2, 0.25) is 5.91 Å². The van der Waals surface area contributed by atoms with Crippen LogP contribution in [0.15, 0.2) is 48.5 Å². The normalized spacial score (nSPS) is 18.8. The lowest BCUT2D eigenvalue weighted by Gasteiger charge is -2.41. The highest BCUT2D eigenvalue weighted by atomic mass is 19.1. The topological polar surface area (TPSA) is 77.3 Å². The molecule has 1 amide bonds. The van der Waals surface area contributed by atoms with Crippen molar-refractivity contribution >= 4 is 22.9 Å². The monoisotopic (exact) mass is 424 g/mol. The molecule has 0 saturated carbocycles. The molecule has 0 radical (unpaired) electrons. The van der Waals surface area contributed by atoms with Crippen molar-refractivity contribution in [2.24, 2.45) is 5.41 Å². The van der Waals surface area contributed by atoms with Crippen LogP contribution >= 0.6 is 0 Å². The summed E-state index contributed by atoms with van der Waals surface area (Å²) in [6.45, 7) is 2.85. The molecule has 8 heteroatoms. The predicted octanol–water partition coefficient (Wildman–Crippen LogP) is 2.99. The maximum Gasteiger partial charge on any atom is 0.314 e. The van der Waals surface area contributed by atoms with E-state index in [2.05, 4.69) is 10.2 Å². The van der Waals surface area contributed by atoms with Gasteiger partial charge in [0.15, 0.2) is 0 Å². The Balaban J connectivity index is 1.53. The van der Waals surface area contributed by atoms with Gasteiger partial charge >= 0.3 is 5.97 Å². The predicted molar refractivity (Wildman–Crippen MR) is 113 cm³/mol. The minimum Gasteiger partial charge on any atom is -0.466 e. The summed E-state index contributed by atoms with van der Waals surface area (Å²) in [7, 11) is 0. The number of esters is 1. The molecular weight excluding hydrogens is 399 g/mol. The van der Waals surface area contributed by atoms with Crippen LogP contribution in [0, 0.1) is 11.2 Å². The summed E-state index contributed by atoms with van der Waals surface area (Å²) < 4.78 is 18.7. The molecule has 1 atom stereocenters. The SMILES string of the molecule is CCOC(=O)[C@]1(Cc2ccc(F)cc2)CCCN(C(=O)Cn2nc3ccccc3n2)C1. The minimum atomic E-state index is -0.857. The molecule has 0 spiro atoms. The molecule has 2 aromatic carbocycles. The van der Waals surface area contributed by atoms with Crippen LogP contribution in [0.5, 0.6) is 0 Å². The van der Waals surface area contributed by atoms with Crippen molar-refractivity contribution in [2.75, 3.05) is 19.7 Å². The van der Waals surface area contributed by atoms with Gasteiger partial charge in [0.25, 0.3) is 0 Å². The van der Waals surface area contributed by atoms with Gasteiger partial charge in [-0.2, -0.15) is 15.0 Å². The number of aromatic nitrogens is 3. The zero-order valence-electron chi connectivity index (χ0n) is 17.5. The third-order valence-electron chi connectivity index (χ3n) is 5.70. The van der Waals surface area contributed by atoms with Crippen molar-refractivity contribution in [3.8, 4) is 0 Å². The maximum atomic E-state index is 13.3. The second-order valence-electron chi connectivity index (χ2n) is 7.94. The van der Waals surface area contributed by atoms with Crippen molar-refractivity contribution in [3.63, 3.8) is 0 Å². The van der Waals surface area contributed by atoms with E-state index in [-0.39, 0.29) is 37.4 Å². The number of hydrogen-bond donors (Lipinski definition) is 0. The largest absolute Gasteiger partial charge is 0.466 e. The van der Waals surface area contributed by atoms with Gasteiger partial charge in [-0.15, -0.1) is 0 Å². The number of halogens is 1. The third-order valence-corrected chi connectivity index (χ3v) is 5.70. The molecule has 7 nitrogen and oxygen atoms in total. The zero-order chi connectivity index (χ0) is 21.8. The quantitative estimate of drug-likeness (QED) is 0.569. The van der Waals surface area contributed by atoms with E-state index < -0.39 is 5.41 Å². The Morgan fingerprint density at radius 2 is 1.77 bits per heavy atom. The molecule has 1 fully saturated rings. The van der Waals surface area contributed by atoms with Gasteiger partial charge in [-0.05, 0) is 56.0 Å². The summed E-state index contributed by atoms with van der Waals surface area (Å²) in [5.41, 5.74) is 1.44. The maximum absolute atomic E-state index is 13.3. The van der Waals surface area contributed by atoms with Crippen LogP contribution in [-0.2, 0) is 27.3 Å². The lowest BCUT2D eigenvalue weighted by Crippen LogP contribution is -2.52. The fraction of sp³-hybridized carbons (Fsp3) is 0.391. The van der Waals surface area contributed by atoms with Gasteiger partial charge in [0.1, 0.15) is 23.4 Å². The van der Waals surface area contributed by atoms with Crippen LogP contribution in [0.3, 0.4) is 0 Å². The first-order valence-corrected chi connectivity index (χ1v) is 10.5. The molecular formula is C23H25FN4O3. The molecule has 2 heterocycles. The average Bonchev–Trinajstić information content (AvgIpc) is 3.18. The molecule has 0 N–H and O–H groups in total. The van der Waals surface area contributed by atoms with Crippen LogP contribution < -0.4 is 0 Å². The van der Waals surface area contributed by atoms with Crippen LogP contribution in [0.25, 0.3) is 11.0 Å². The van der Waals surface area contributed by atoms with E-state index in [1.165, 1.54) is 16.9 Å². The number of hydrogen-bond acceptors (Lipinski definition) is 5. The van der Waals surface area contributed by atoms with Crippen LogP contribution in [0.4, 0.5) is 4.39 Å². The van der Waals surface area contributed by atoms with E-state index in [1.807, 2.05) is 24.3 Å². The van der Waals surface area contributed by atoms with Crippen LogP contribution in [-0.4, -0.2) is 51.5 Å². The zero-order valence-corrected chi connectivity index (χ0v) is 17.5. The first kappa shape index (κ1) is 21.0. The van der Waals surface area contributed by atoms with E-state index >= 15 is 0 Å². The van der Waals surface area contributed by atoms with E-state index in [1.54, 1.807) is 24.0 Å². The van der Waals surface area contributed by atoms with E-state index in [0.29, 0.717) is 25.8 Å². The highest BCUT2D eigenvalue weighted by Gasteiger charge is 2.44. The van der Waals surface area contributed by atoms with Gasteiger partial charge in [-0.25, -0.2) is 4.39 Å². The summed E-state index contributed by atoms with van der Waals surface area (Å²) in [6.07, 6.45) is 1.68. The van der Waals surface area contributed by atoms with Crippen molar-refractivity contribution in [2.45, 2.75) is 32.7 Å². The van der Waals surface area contributed by atoms with Gasteiger partial charge in [-0.1, -0.05) is 24.3 Å². The van der Waals surface area contributed by atoms with Crippen molar-refractivity contribution < 1.29 is 18.7 Å². The molecule has 3 aromatic rings. The molecule has 0 aliphatic carbocycles. The Labute approximate surface area is 179 Å². The number of ether oxygens (including phenoxy) is 1. The molecule has 1 aliphatic heterocycles. The summed E-state index contributed by atoms with van der Waals surface area (Å²) in [5, 5.41) is 8.71. The highest BCUT2D eigenvalue weighted by molar-refractivity contribution is 5.81. The highest BCUT2D eigenvalue weighted by Crippen LogP contribution is 2.35. The first-order valence-electron chi connectivity index (χ1n) is 10.5. The van der Waals surface area contributed by atoms with Gasteiger partial charge < -0.3 is 9.64 Å². The molecule has 162 valence electrons. The van der Waals surface area contributed by atoms with Crippen LogP contribution in [0.1, 0.15) is 25.3 Å². The number of nitrogens with zero attached hydrogens (tertiary/aromatic N) is 4. The van der Waals surface area contributed by atoms with Crippen molar-refractivity contribution in [3.05, 3.63) is 59.9 Å². The lowest BCUT2D eigenvalue weighted by atomic mass is 9.75. The Kier molecular flexibility index (Phi) is 5.97. The number of amides is 1. The molecule has 4 rings (SSSR count). The number of benzene rings is 2. The number of carbonyl (C=O) groups is 2. The molecule has 1 saturated heterocycles. The lowest BCUT2D eigenvalue weighted by molar-refractivity contribution is -0.161. The Morgan fingerprint density at radius 1 is 1.10 bits per heavy atom. The van der Waals surface area contributed by atoms with E-state index in [9.17, 15) is 14.0 Å². The summed E-state index contributed by atoms with van der Waals surface area (Å²) in [5.74, 6) is -0.791. The standard InChI is InChI=1S/C23H25FN4O3/c1-2-31-22(30)23(14-17-8-10-18(24)11-9-17)12-5-13-27(16-23)21(29)15-28-25-19-6-3-4-7-20(19)26-28/h3-4,6-11H,2,5,12-16H2,1H3/t23-/m0/s1. The second-order valence-corrected chi connectivity index (χ2v) is 7.94. The fourth-order valence-electron chi connectivity index (χ4n) is 4.20. The van der Waals surface area contributed by atoms with E-state index in [4.69, 9.17) is 4.74 Å². The van der Waals surface area contributed by atoms with Crippen molar-refractivity contribution in [1.82, 2.24) is 19.9 Å². The smallest absolute Gasteiger partial charge is 0.314 e. The molecule has 1 aliphatic rings. The number of piperidine rings is 1. The Hall–Kier alpha value is -3.29. The molecule has 31 heavy (non-hydrogen) atoms. The molecule has 0 unspecified atom stereocenters. The summed E-state index contributed by atoms with van der Waals surface area (Å²) in [4.78, 5) is 29.1. The molecule has 0 bridgehead atoms. The average molecular weight is 424 g/mol. The number of carbonyl (C=O) groups excluding carboxylic acids is 2. The van der Waals surface area contributed by atoms with Gasteiger partial charge in [0, 0.05) is 13.1 Å².